The summed E-state index contributed by atoms with van der Waals surface area (Å²) < 4.78 is 0. The standard InChI is InChI=1S/C17H20N2O2/c1-10(2)12-5-4-6-13-14(12)9-19(17(13)21)15-7-8-16(20)18-11(15)3/h4-6,10,15H,3,7-9H2,1-2H3,(H,18,20). The maximum atomic E-state index is 12.7. The van der Waals surface area contributed by atoms with Crippen molar-refractivity contribution in [2.75, 3.05) is 0 Å². The summed E-state index contributed by atoms with van der Waals surface area (Å²) >= 11 is 0. The van der Waals surface area contributed by atoms with Crippen molar-refractivity contribution in [3.05, 3.63) is 47.2 Å². The number of fused-ring (bicyclic) bond motifs is 1. The van der Waals surface area contributed by atoms with Gasteiger partial charge in [-0.3, -0.25) is 9.59 Å². The fourth-order valence-corrected chi connectivity index (χ4v) is 3.28. The molecule has 2 amide bonds. The third kappa shape index (κ3) is 2.24. The molecule has 3 rings (SSSR count). The zero-order chi connectivity index (χ0) is 15.1. The van der Waals surface area contributed by atoms with Gasteiger partial charge in [0.05, 0.1) is 6.04 Å². The Morgan fingerprint density at radius 1 is 1.33 bits per heavy atom. The van der Waals surface area contributed by atoms with Crippen molar-refractivity contribution in [2.24, 2.45) is 0 Å². The second-order valence-corrected chi connectivity index (χ2v) is 6.09. The summed E-state index contributed by atoms with van der Waals surface area (Å²) in [6, 6.07) is 5.85. The number of carbonyl (C=O) groups excluding carboxylic acids is 2. The van der Waals surface area contributed by atoms with Gasteiger partial charge in [-0.1, -0.05) is 32.6 Å². The van der Waals surface area contributed by atoms with Crippen LogP contribution in [0.5, 0.6) is 0 Å². The van der Waals surface area contributed by atoms with Gasteiger partial charge in [-0.25, -0.2) is 0 Å². The summed E-state index contributed by atoms with van der Waals surface area (Å²) in [5.41, 5.74) is 3.79. The first kappa shape index (κ1) is 13.9. The minimum atomic E-state index is -0.0948. The van der Waals surface area contributed by atoms with Crippen LogP contribution in [-0.2, 0) is 11.3 Å². The predicted octanol–water partition coefficient (Wildman–Crippen LogP) is 2.56. The number of nitrogens with one attached hydrogen (secondary N) is 1. The van der Waals surface area contributed by atoms with E-state index in [9.17, 15) is 9.59 Å². The molecule has 0 bridgehead atoms. The lowest BCUT2D eigenvalue weighted by Gasteiger charge is -2.32. The van der Waals surface area contributed by atoms with Crippen molar-refractivity contribution in [3.63, 3.8) is 0 Å². The zero-order valence-electron chi connectivity index (χ0n) is 12.5. The van der Waals surface area contributed by atoms with Crippen LogP contribution < -0.4 is 5.32 Å². The molecule has 1 unspecified atom stereocenters. The summed E-state index contributed by atoms with van der Waals surface area (Å²) in [5, 5.41) is 2.76. The molecule has 4 heteroatoms. The van der Waals surface area contributed by atoms with Gasteiger partial charge in [-0.2, -0.15) is 0 Å². The van der Waals surface area contributed by atoms with Gasteiger partial charge in [0.1, 0.15) is 0 Å². The molecule has 0 radical (unpaired) electrons. The molecule has 0 saturated carbocycles. The number of carbonyl (C=O) groups is 2. The van der Waals surface area contributed by atoms with E-state index in [0.717, 1.165) is 11.1 Å². The van der Waals surface area contributed by atoms with E-state index in [1.165, 1.54) is 5.56 Å². The Bertz CT molecular complexity index is 634. The molecule has 1 aromatic carbocycles. The van der Waals surface area contributed by atoms with E-state index in [1.54, 1.807) is 0 Å². The van der Waals surface area contributed by atoms with Crippen LogP contribution in [0.3, 0.4) is 0 Å². The van der Waals surface area contributed by atoms with Crippen LogP contribution in [-0.4, -0.2) is 22.8 Å². The monoisotopic (exact) mass is 284 g/mol. The highest BCUT2D eigenvalue weighted by atomic mass is 16.2. The molecule has 1 fully saturated rings. The highest BCUT2D eigenvalue weighted by Gasteiger charge is 2.37. The topological polar surface area (TPSA) is 49.4 Å². The van der Waals surface area contributed by atoms with Gasteiger partial charge in [0.25, 0.3) is 5.91 Å². The highest BCUT2D eigenvalue weighted by molar-refractivity contribution is 5.99. The maximum Gasteiger partial charge on any atom is 0.255 e. The Kier molecular flexibility index (Phi) is 3.32. The minimum Gasteiger partial charge on any atom is -0.328 e. The van der Waals surface area contributed by atoms with Gasteiger partial charge in [0.2, 0.25) is 5.91 Å². The first-order valence-corrected chi connectivity index (χ1v) is 7.40. The third-order valence-electron chi connectivity index (χ3n) is 4.38. The van der Waals surface area contributed by atoms with E-state index >= 15 is 0 Å². The molecule has 2 aliphatic heterocycles. The first-order chi connectivity index (χ1) is 9.99. The van der Waals surface area contributed by atoms with Gasteiger partial charge in [0.15, 0.2) is 0 Å². The molecule has 0 aliphatic carbocycles. The van der Waals surface area contributed by atoms with E-state index in [1.807, 2.05) is 17.0 Å². The van der Waals surface area contributed by atoms with Crippen LogP contribution in [0.15, 0.2) is 30.5 Å². The van der Waals surface area contributed by atoms with Crippen molar-refractivity contribution >= 4 is 11.8 Å². The molecule has 1 saturated heterocycles. The van der Waals surface area contributed by atoms with Crippen LogP contribution in [0.1, 0.15) is 54.1 Å². The molecule has 2 aliphatic rings. The fraction of sp³-hybridized carbons (Fsp3) is 0.412. The third-order valence-corrected chi connectivity index (χ3v) is 4.38. The lowest BCUT2D eigenvalue weighted by atomic mass is 9.95. The van der Waals surface area contributed by atoms with Crippen molar-refractivity contribution in [3.8, 4) is 0 Å². The smallest absolute Gasteiger partial charge is 0.255 e. The van der Waals surface area contributed by atoms with Crippen LogP contribution >= 0.6 is 0 Å². The summed E-state index contributed by atoms with van der Waals surface area (Å²) in [6.07, 6.45) is 1.10. The minimum absolute atomic E-state index is 0.0109. The Morgan fingerprint density at radius 3 is 2.76 bits per heavy atom. The highest BCUT2D eigenvalue weighted by Crippen LogP contribution is 2.33. The van der Waals surface area contributed by atoms with E-state index in [0.29, 0.717) is 31.0 Å². The average Bonchev–Trinajstić information content (AvgIpc) is 2.76. The number of nitrogens with zero attached hydrogens (tertiary/aromatic N) is 1. The molecule has 1 N–H and O–H groups in total. The quantitative estimate of drug-likeness (QED) is 0.907. The second-order valence-electron chi connectivity index (χ2n) is 6.09. The van der Waals surface area contributed by atoms with E-state index in [4.69, 9.17) is 0 Å². The number of hydrogen-bond acceptors (Lipinski definition) is 2. The number of amides is 2. The van der Waals surface area contributed by atoms with Gasteiger partial charge in [-0.15, -0.1) is 0 Å². The molecular formula is C17H20N2O2. The number of rotatable bonds is 2. The van der Waals surface area contributed by atoms with E-state index in [2.05, 4.69) is 31.8 Å². The Balaban J connectivity index is 1.92. The molecule has 4 nitrogen and oxygen atoms in total. The fourth-order valence-electron chi connectivity index (χ4n) is 3.28. The van der Waals surface area contributed by atoms with Crippen molar-refractivity contribution < 1.29 is 9.59 Å². The molecule has 110 valence electrons. The Hall–Kier alpha value is -2.10. The second kappa shape index (κ2) is 5.02. The summed E-state index contributed by atoms with van der Waals surface area (Å²) in [6.45, 7) is 8.82. The van der Waals surface area contributed by atoms with Gasteiger partial charge in [0, 0.05) is 24.2 Å². The zero-order valence-corrected chi connectivity index (χ0v) is 12.5. The number of benzene rings is 1. The Labute approximate surface area is 124 Å². The van der Waals surface area contributed by atoms with Crippen LogP contribution in [0, 0.1) is 0 Å². The number of hydrogen-bond donors (Lipinski definition) is 1. The van der Waals surface area contributed by atoms with Crippen LogP contribution in [0.2, 0.25) is 0 Å². The molecule has 0 spiro atoms. The summed E-state index contributed by atoms with van der Waals surface area (Å²) in [7, 11) is 0. The van der Waals surface area contributed by atoms with Gasteiger partial charge >= 0.3 is 0 Å². The summed E-state index contributed by atoms with van der Waals surface area (Å²) in [5.74, 6) is 0.431. The lowest BCUT2D eigenvalue weighted by molar-refractivity contribution is -0.121. The normalized spacial score (nSPS) is 21.8. The van der Waals surface area contributed by atoms with Crippen LogP contribution in [0.25, 0.3) is 0 Å². The van der Waals surface area contributed by atoms with Crippen molar-refractivity contribution in [2.45, 2.75) is 45.2 Å². The molecule has 0 aromatic heterocycles. The van der Waals surface area contributed by atoms with Gasteiger partial charge in [-0.05, 0) is 29.5 Å². The molecular weight excluding hydrogens is 264 g/mol. The maximum absolute atomic E-state index is 12.7. The molecule has 1 atom stereocenters. The predicted molar refractivity (Wildman–Crippen MR) is 80.7 cm³/mol. The summed E-state index contributed by atoms with van der Waals surface area (Å²) in [4.78, 5) is 25.9. The van der Waals surface area contributed by atoms with Crippen molar-refractivity contribution in [1.82, 2.24) is 10.2 Å². The lowest BCUT2D eigenvalue weighted by Crippen LogP contribution is -2.45. The largest absolute Gasteiger partial charge is 0.328 e. The molecule has 1 aromatic rings. The average molecular weight is 284 g/mol. The van der Waals surface area contributed by atoms with E-state index in [-0.39, 0.29) is 17.9 Å². The van der Waals surface area contributed by atoms with Gasteiger partial charge < -0.3 is 10.2 Å². The van der Waals surface area contributed by atoms with Crippen LogP contribution in [0.4, 0.5) is 0 Å². The SMILES string of the molecule is C=C1NC(=O)CCC1N1Cc2c(cccc2C(C)C)C1=O. The molecule has 2 heterocycles. The molecule has 21 heavy (non-hydrogen) atoms. The number of piperidine rings is 1. The van der Waals surface area contributed by atoms with E-state index < -0.39 is 0 Å². The Morgan fingerprint density at radius 2 is 2.10 bits per heavy atom. The van der Waals surface area contributed by atoms with Crippen molar-refractivity contribution in [1.29, 1.82) is 0 Å². The first-order valence-electron chi connectivity index (χ1n) is 7.40.